The van der Waals surface area contributed by atoms with Gasteiger partial charge in [0.2, 0.25) is 11.8 Å². The Morgan fingerprint density at radius 3 is 2.81 bits per heavy atom. The first-order valence-corrected chi connectivity index (χ1v) is 9.97. The number of hydrogen-bond donors (Lipinski definition) is 2. The Morgan fingerprint density at radius 2 is 2.00 bits per heavy atom. The Kier molecular flexibility index (Phi) is 8.28. The van der Waals surface area contributed by atoms with Gasteiger partial charge in [0.25, 0.3) is 0 Å². The van der Waals surface area contributed by atoms with Gasteiger partial charge in [-0.15, -0.1) is 23.7 Å². The molecule has 0 saturated carbocycles. The average Bonchev–Trinajstić information content (AvgIpc) is 3.13. The molecule has 2 heterocycles. The number of rotatable bonds is 7. The third-order valence-corrected chi connectivity index (χ3v) is 5.61. The Morgan fingerprint density at radius 1 is 1.19 bits per heavy atom. The fraction of sp³-hybridized carbons (Fsp3) is 0.400. The van der Waals surface area contributed by atoms with E-state index in [9.17, 15) is 9.59 Å². The predicted octanol–water partition coefficient (Wildman–Crippen LogP) is 3.58. The van der Waals surface area contributed by atoms with Gasteiger partial charge in [0.15, 0.2) is 0 Å². The smallest absolute Gasteiger partial charge is 0.224 e. The van der Waals surface area contributed by atoms with Crippen LogP contribution in [0.4, 0.5) is 5.69 Å². The number of fused-ring (bicyclic) bond motifs is 1. The summed E-state index contributed by atoms with van der Waals surface area (Å²) in [5, 5.41) is 8.29. The molecule has 2 aromatic rings. The summed E-state index contributed by atoms with van der Waals surface area (Å²) in [7, 11) is 0. The van der Waals surface area contributed by atoms with Gasteiger partial charge in [0, 0.05) is 43.0 Å². The summed E-state index contributed by atoms with van der Waals surface area (Å²) in [6.07, 6.45) is 1.38. The summed E-state index contributed by atoms with van der Waals surface area (Å²) in [6.45, 7) is 5.05. The van der Waals surface area contributed by atoms with Gasteiger partial charge in [-0.2, -0.15) is 0 Å². The van der Waals surface area contributed by atoms with Crippen molar-refractivity contribution in [2.45, 2.75) is 39.3 Å². The third kappa shape index (κ3) is 5.79. The van der Waals surface area contributed by atoms with Gasteiger partial charge in [-0.3, -0.25) is 9.59 Å². The predicted molar refractivity (Wildman–Crippen MR) is 112 cm³/mol. The Hall–Kier alpha value is -1.89. The van der Waals surface area contributed by atoms with E-state index in [1.165, 1.54) is 10.4 Å². The maximum atomic E-state index is 12.4. The van der Waals surface area contributed by atoms with Crippen LogP contribution in [0.15, 0.2) is 35.7 Å². The molecule has 0 saturated heterocycles. The number of hydrogen-bond acceptors (Lipinski definition) is 4. The molecular formula is C20H26ClN3O2S. The van der Waals surface area contributed by atoms with Crippen molar-refractivity contribution >= 4 is 41.2 Å². The first-order valence-electron chi connectivity index (χ1n) is 9.09. The lowest BCUT2D eigenvalue weighted by atomic mass is 10.1. The Balaban J connectivity index is 0.00000261. The minimum atomic E-state index is -0.115. The van der Waals surface area contributed by atoms with E-state index >= 15 is 0 Å². The molecule has 0 bridgehead atoms. The molecule has 2 N–H and O–H groups in total. The largest absolute Gasteiger partial charge is 0.338 e. The van der Waals surface area contributed by atoms with Gasteiger partial charge in [-0.05, 0) is 41.6 Å². The number of nitrogens with zero attached hydrogens (tertiary/aromatic N) is 1. The highest BCUT2D eigenvalue weighted by Crippen LogP contribution is 2.24. The van der Waals surface area contributed by atoms with Crippen LogP contribution in [0.3, 0.4) is 0 Å². The van der Waals surface area contributed by atoms with Crippen LogP contribution in [0.1, 0.15) is 35.8 Å². The maximum Gasteiger partial charge on any atom is 0.224 e. The van der Waals surface area contributed by atoms with E-state index in [0.717, 1.165) is 30.8 Å². The SMILES string of the molecule is CCNCc1ccccc1NC(=O)CCC(=O)N1CCc2sccc2C1.Cl. The number of anilines is 1. The monoisotopic (exact) mass is 407 g/mol. The molecule has 0 spiro atoms. The van der Waals surface area contributed by atoms with Crippen LogP contribution in [0.25, 0.3) is 0 Å². The lowest BCUT2D eigenvalue weighted by Crippen LogP contribution is -2.35. The highest BCUT2D eigenvalue weighted by atomic mass is 35.5. The molecule has 1 aliphatic heterocycles. The summed E-state index contributed by atoms with van der Waals surface area (Å²) in [5.74, 6) is -0.0616. The molecule has 3 rings (SSSR count). The van der Waals surface area contributed by atoms with Crippen LogP contribution in [0.2, 0.25) is 0 Å². The van der Waals surface area contributed by atoms with Crippen LogP contribution in [-0.2, 0) is 29.1 Å². The zero-order valence-corrected chi connectivity index (χ0v) is 17.1. The number of halogens is 1. The molecule has 0 aliphatic carbocycles. The molecule has 0 radical (unpaired) electrons. The molecule has 27 heavy (non-hydrogen) atoms. The molecule has 146 valence electrons. The van der Waals surface area contributed by atoms with Crippen molar-refractivity contribution in [2.75, 3.05) is 18.4 Å². The van der Waals surface area contributed by atoms with Gasteiger partial charge in [0.05, 0.1) is 0 Å². The van der Waals surface area contributed by atoms with Crippen molar-refractivity contribution in [1.82, 2.24) is 10.2 Å². The molecule has 1 aromatic heterocycles. The molecule has 1 aliphatic rings. The van der Waals surface area contributed by atoms with Crippen LogP contribution >= 0.6 is 23.7 Å². The number of thiophene rings is 1. The molecule has 0 fully saturated rings. The number of nitrogens with one attached hydrogen (secondary N) is 2. The third-order valence-electron chi connectivity index (χ3n) is 4.58. The molecule has 5 nitrogen and oxygen atoms in total. The summed E-state index contributed by atoms with van der Waals surface area (Å²) in [4.78, 5) is 28.0. The fourth-order valence-corrected chi connectivity index (χ4v) is 4.00. The van der Waals surface area contributed by atoms with E-state index in [1.807, 2.05) is 36.1 Å². The maximum absolute atomic E-state index is 12.4. The van der Waals surface area contributed by atoms with E-state index in [-0.39, 0.29) is 37.1 Å². The second-order valence-electron chi connectivity index (χ2n) is 6.42. The summed E-state index contributed by atoms with van der Waals surface area (Å²) in [5.41, 5.74) is 3.11. The zero-order valence-electron chi connectivity index (χ0n) is 15.5. The van der Waals surface area contributed by atoms with E-state index in [1.54, 1.807) is 11.3 Å². The molecule has 7 heteroatoms. The number of carbonyl (C=O) groups is 2. The summed E-state index contributed by atoms with van der Waals surface area (Å²) >= 11 is 1.76. The molecule has 2 amide bonds. The molecule has 1 aromatic carbocycles. The van der Waals surface area contributed by atoms with E-state index < -0.39 is 0 Å². The number of para-hydroxylation sites is 1. The van der Waals surface area contributed by atoms with Crippen LogP contribution < -0.4 is 10.6 Å². The second-order valence-corrected chi connectivity index (χ2v) is 7.42. The van der Waals surface area contributed by atoms with Gasteiger partial charge in [-0.1, -0.05) is 25.1 Å². The Bertz CT molecular complexity index is 778. The lowest BCUT2D eigenvalue weighted by Gasteiger charge is -2.27. The highest BCUT2D eigenvalue weighted by Gasteiger charge is 2.21. The average molecular weight is 408 g/mol. The lowest BCUT2D eigenvalue weighted by molar-refractivity contribution is -0.133. The van der Waals surface area contributed by atoms with Crippen molar-refractivity contribution in [1.29, 1.82) is 0 Å². The quantitative estimate of drug-likeness (QED) is 0.737. The van der Waals surface area contributed by atoms with Gasteiger partial charge >= 0.3 is 0 Å². The van der Waals surface area contributed by atoms with Gasteiger partial charge in [0.1, 0.15) is 0 Å². The van der Waals surface area contributed by atoms with E-state index in [2.05, 4.69) is 22.1 Å². The van der Waals surface area contributed by atoms with Crippen LogP contribution in [0, 0.1) is 0 Å². The first kappa shape index (κ1) is 21.4. The van der Waals surface area contributed by atoms with Crippen molar-refractivity contribution in [3.05, 3.63) is 51.7 Å². The zero-order chi connectivity index (χ0) is 18.4. The number of benzene rings is 1. The highest BCUT2D eigenvalue weighted by molar-refractivity contribution is 7.10. The van der Waals surface area contributed by atoms with E-state index in [4.69, 9.17) is 0 Å². The van der Waals surface area contributed by atoms with Gasteiger partial charge < -0.3 is 15.5 Å². The molecule has 0 atom stereocenters. The van der Waals surface area contributed by atoms with Crippen molar-refractivity contribution < 1.29 is 9.59 Å². The van der Waals surface area contributed by atoms with Crippen molar-refractivity contribution in [3.63, 3.8) is 0 Å². The minimum absolute atomic E-state index is 0. The van der Waals surface area contributed by atoms with Crippen LogP contribution in [-0.4, -0.2) is 29.8 Å². The number of amides is 2. The first-order chi connectivity index (χ1) is 12.7. The fourth-order valence-electron chi connectivity index (χ4n) is 3.11. The van der Waals surface area contributed by atoms with Crippen molar-refractivity contribution in [2.24, 2.45) is 0 Å². The number of carbonyl (C=O) groups excluding carboxylic acids is 2. The minimum Gasteiger partial charge on any atom is -0.338 e. The standard InChI is InChI=1S/C20H25N3O2S.ClH/c1-2-21-13-15-5-3-4-6-17(15)22-19(24)7-8-20(25)23-11-9-18-16(14-23)10-12-26-18;/h3-6,10,12,21H,2,7-9,11,13-14H2,1H3,(H,22,24);1H. The Labute approximate surface area is 170 Å². The normalized spacial score (nSPS) is 12.9. The molecule has 0 unspecified atom stereocenters. The second kappa shape index (κ2) is 10.4. The summed E-state index contributed by atoms with van der Waals surface area (Å²) < 4.78 is 0. The molecular weight excluding hydrogens is 382 g/mol. The van der Waals surface area contributed by atoms with Crippen molar-refractivity contribution in [3.8, 4) is 0 Å². The van der Waals surface area contributed by atoms with Gasteiger partial charge in [-0.25, -0.2) is 0 Å². The summed E-state index contributed by atoms with van der Waals surface area (Å²) in [6, 6.07) is 9.85. The topological polar surface area (TPSA) is 61.4 Å². The van der Waals surface area contributed by atoms with E-state index in [0.29, 0.717) is 13.1 Å². The van der Waals surface area contributed by atoms with Crippen LogP contribution in [0.5, 0.6) is 0 Å².